The van der Waals surface area contributed by atoms with Gasteiger partial charge in [-0.05, 0) is 32.8 Å². The Morgan fingerprint density at radius 1 is 1.09 bits per heavy atom. The molecule has 6 nitrogen and oxygen atoms in total. The third kappa shape index (κ3) is 3.41. The molecule has 3 heterocycles. The first-order valence-corrected chi connectivity index (χ1v) is 8.10. The molecular weight excluding hydrogens is 288 g/mol. The van der Waals surface area contributed by atoms with Crippen molar-refractivity contribution < 1.29 is 0 Å². The molecule has 1 aliphatic rings. The van der Waals surface area contributed by atoms with E-state index in [9.17, 15) is 0 Å². The van der Waals surface area contributed by atoms with Crippen molar-refractivity contribution in [1.29, 1.82) is 0 Å². The Labute approximate surface area is 137 Å². The molecule has 0 spiro atoms. The van der Waals surface area contributed by atoms with Crippen LogP contribution in [0, 0.1) is 13.8 Å². The molecule has 2 aromatic rings. The van der Waals surface area contributed by atoms with Gasteiger partial charge in [-0.1, -0.05) is 0 Å². The van der Waals surface area contributed by atoms with E-state index in [1.165, 1.54) is 0 Å². The molecule has 1 saturated heterocycles. The molecule has 0 aliphatic carbocycles. The average Bonchev–Trinajstić information content (AvgIpc) is 2.54. The topological polar surface area (TPSA) is 58.0 Å². The highest BCUT2D eigenvalue weighted by Crippen LogP contribution is 2.31. The van der Waals surface area contributed by atoms with Gasteiger partial charge < -0.3 is 9.80 Å². The fourth-order valence-electron chi connectivity index (χ4n) is 3.20. The van der Waals surface area contributed by atoms with Crippen LogP contribution in [0.1, 0.15) is 35.8 Å². The number of piperidine rings is 1. The van der Waals surface area contributed by atoms with Crippen LogP contribution in [0.15, 0.2) is 18.5 Å². The number of aromatic nitrogens is 4. The maximum atomic E-state index is 4.62. The minimum absolute atomic E-state index is 0.360. The number of rotatable bonds is 3. The molecule has 1 aliphatic heterocycles. The minimum atomic E-state index is 0.360. The molecule has 0 radical (unpaired) electrons. The Hall–Kier alpha value is -2.24. The van der Waals surface area contributed by atoms with E-state index in [2.05, 4.69) is 24.8 Å². The monoisotopic (exact) mass is 312 g/mol. The van der Waals surface area contributed by atoms with Crippen LogP contribution >= 0.6 is 0 Å². The summed E-state index contributed by atoms with van der Waals surface area (Å²) in [6.45, 7) is 5.93. The Bertz CT molecular complexity index is 664. The van der Waals surface area contributed by atoms with Gasteiger partial charge in [-0.25, -0.2) is 15.0 Å². The fraction of sp³-hybridized carbons (Fsp3) is 0.529. The van der Waals surface area contributed by atoms with E-state index >= 15 is 0 Å². The Kier molecular flexibility index (Phi) is 4.41. The summed E-state index contributed by atoms with van der Waals surface area (Å²) in [4.78, 5) is 22.6. The first-order chi connectivity index (χ1) is 11.0. The molecule has 0 bridgehead atoms. The summed E-state index contributed by atoms with van der Waals surface area (Å²) in [6, 6.07) is 2.01. The molecule has 3 rings (SSSR count). The molecule has 0 saturated carbocycles. The van der Waals surface area contributed by atoms with E-state index in [4.69, 9.17) is 0 Å². The predicted molar refractivity (Wildman–Crippen MR) is 92.1 cm³/mol. The fourth-order valence-corrected chi connectivity index (χ4v) is 3.20. The highest BCUT2D eigenvalue weighted by atomic mass is 15.3. The summed E-state index contributed by atoms with van der Waals surface area (Å²) in [5, 5.41) is 0. The van der Waals surface area contributed by atoms with E-state index < -0.39 is 0 Å². The van der Waals surface area contributed by atoms with Crippen LogP contribution in [-0.2, 0) is 0 Å². The van der Waals surface area contributed by atoms with Crippen molar-refractivity contribution in [3.63, 3.8) is 0 Å². The second kappa shape index (κ2) is 6.48. The van der Waals surface area contributed by atoms with E-state index in [0.717, 1.165) is 54.8 Å². The summed E-state index contributed by atoms with van der Waals surface area (Å²) in [7, 11) is 4.03. The molecule has 122 valence electrons. The lowest BCUT2D eigenvalue weighted by atomic mass is 9.94. The van der Waals surface area contributed by atoms with Gasteiger partial charge in [-0.15, -0.1) is 0 Å². The standard InChI is InChI=1S/C17H24N6/c1-12-10-13(2)21-17(20-12)23-9-5-6-14(11-23)15-16(22(3)4)19-8-7-18-15/h7-8,10,14H,5-6,9,11H2,1-4H3. The highest BCUT2D eigenvalue weighted by Gasteiger charge is 2.27. The maximum absolute atomic E-state index is 4.62. The molecule has 6 heteroatoms. The van der Waals surface area contributed by atoms with Gasteiger partial charge in [0.2, 0.25) is 5.95 Å². The van der Waals surface area contributed by atoms with E-state index in [0.29, 0.717) is 5.92 Å². The highest BCUT2D eigenvalue weighted by molar-refractivity contribution is 5.45. The Morgan fingerprint density at radius 2 is 1.78 bits per heavy atom. The number of nitrogens with zero attached hydrogens (tertiary/aromatic N) is 6. The van der Waals surface area contributed by atoms with Crippen molar-refractivity contribution in [2.24, 2.45) is 0 Å². The summed E-state index contributed by atoms with van der Waals surface area (Å²) in [5.41, 5.74) is 3.11. The molecule has 1 unspecified atom stereocenters. The number of hydrogen-bond donors (Lipinski definition) is 0. The van der Waals surface area contributed by atoms with Crippen LogP contribution < -0.4 is 9.80 Å². The molecule has 2 aromatic heterocycles. The van der Waals surface area contributed by atoms with Gasteiger partial charge >= 0.3 is 0 Å². The SMILES string of the molecule is Cc1cc(C)nc(N2CCCC(c3nccnc3N(C)C)C2)n1. The third-order valence-electron chi connectivity index (χ3n) is 4.19. The number of hydrogen-bond acceptors (Lipinski definition) is 6. The van der Waals surface area contributed by atoms with Crippen LogP contribution in [0.3, 0.4) is 0 Å². The zero-order valence-corrected chi connectivity index (χ0v) is 14.3. The first-order valence-electron chi connectivity index (χ1n) is 8.10. The van der Waals surface area contributed by atoms with Crippen LogP contribution in [0.4, 0.5) is 11.8 Å². The lowest BCUT2D eigenvalue weighted by molar-refractivity contribution is 0.493. The second-order valence-corrected chi connectivity index (χ2v) is 6.40. The average molecular weight is 312 g/mol. The van der Waals surface area contributed by atoms with Crippen molar-refractivity contribution in [2.45, 2.75) is 32.6 Å². The summed E-state index contributed by atoms with van der Waals surface area (Å²) in [5.74, 6) is 2.16. The molecule has 0 amide bonds. The van der Waals surface area contributed by atoms with Crippen LogP contribution in [0.5, 0.6) is 0 Å². The minimum Gasteiger partial charge on any atom is -0.361 e. The van der Waals surface area contributed by atoms with Crippen LogP contribution in [0.2, 0.25) is 0 Å². The maximum Gasteiger partial charge on any atom is 0.225 e. The quantitative estimate of drug-likeness (QED) is 0.867. The molecule has 1 fully saturated rings. The Balaban J connectivity index is 1.86. The molecule has 0 N–H and O–H groups in total. The predicted octanol–water partition coefficient (Wildman–Crippen LogP) is 2.33. The van der Waals surface area contributed by atoms with Gasteiger partial charge in [0.1, 0.15) is 5.82 Å². The largest absolute Gasteiger partial charge is 0.361 e. The van der Waals surface area contributed by atoms with Crippen molar-refractivity contribution in [3.05, 3.63) is 35.5 Å². The summed E-state index contributed by atoms with van der Waals surface area (Å²) in [6.07, 6.45) is 5.78. The second-order valence-electron chi connectivity index (χ2n) is 6.40. The Morgan fingerprint density at radius 3 is 2.48 bits per heavy atom. The lowest BCUT2D eigenvalue weighted by Crippen LogP contribution is -2.36. The van der Waals surface area contributed by atoms with Gasteiger partial charge in [0.25, 0.3) is 0 Å². The molecule has 0 aromatic carbocycles. The molecular formula is C17H24N6. The summed E-state index contributed by atoms with van der Waals surface area (Å²) < 4.78 is 0. The van der Waals surface area contributed by atoms with Crippen molar-refractivity contribution >= 4 is 11.8 Å². The van der Waals surface area contributed by atoms with Crippen molar-refractivity contribution in [2.75, 3.05) is 37.0 Å². The van der Waals surface area contributed by atoms with Gasteiger partial charge in [0.15, 0.2) is 0 Å². The number of anilines is 2. The van der Waals surface area contributed by atoms with Gasteiger partial charge in [0, 0.05) is 56.9 Å². The first kappa shape index (κ1) is 15.6. The van der Waals surface area contributed by atoms with E-state index in [-0.39, 0.29) is 0 Å². The zero-order chi connectivity index (χ0) is 16.4. The van der Waals surface area contributed by atoms with Crippen LogP contribution in [-0.4, -0.2) is 47.1 Å². The lowest BCUT2D eigenvalue weighted by Gasteiger charge is -2.33. The van der Waals surface area contributed by atoms with E-state index in [1.54, 1.807) is 12.4 Å². The normalized spacial score (nSPS) is 18.1. The van der Waals surface area contributed by atoms with Crippen molar-refractivity contribution in [1.82, 2.24) is 19.9 Å². The van der Waals surface area contributed by atoms with Gasteiger partial charge in [-0.2, -0.15) is 0 Å². The molecule has 1 atom stereocenters. The third-order valence-corrected chi connectivity index (χ3v) is 4.19. The van der Waals surface area contributed by atoms with Crippen molar-refractivity contribution in [3.8, 4) is 0 Å². The smallest absolute Gasteiger partial charge is 0.225 e. The number of aryl methyl sites for hydroxylation is 2. The van der Waals surface area contributed by atoms with Crippen LogP contribution in [0.25, 0.3) is 0 Å². The van der Waals surface area contributed by atoms with E-state index in [1.807, 2.05) is 38.9 Å². The molecule has 23 heavy (non-hydrogen) atoms. The summed E-state index contributed by atoms with van der Waals surface area (Å²) >= 11 is 0. The van der Waals surface area contributed by atoms with Gasteiger partial charge in [-0.3, -0.25) is 4.98 Å². The van der Waals surface area contributed by atoms with Gasteiger partial charge in [0.05, 0.1) is 5.69 Å². The zero-order valence-electron chi connectivity index (χ0n) is 14.3.